The third-order valence-corrected chi connectivity index (χ3v) is 5.06. The number of hydrogen-bond donors (Lipinski definition) is 2. The first-order valence-electron chi connectivity index (χ1n) is 7.95. The zero-order valence-corrected chi connectivity index (χ0v) is 14.8. The highest BCUT2D eigenvalue weighted by Crippen LogP contribution is 2.29. The molecule has 24 heavy (non-hydrogen) atoms. The van der Waals surface area contributed by atoms with Crippen molar-refractivity contribution in [2.24, 2.45) is 5.92 Å². The fourth-order valence-corrected chi connectivity index (χ4v) is 3.24. The molecule has 0 atom stereocenters. The highest BCUT2D eigenvalue weighted by atomic mass is 32.2. The van der Waals surface area contributed by atoms with E-state index < -0.39 is 10.0 Å². The first-order chi connectivity index (χ1) is 11.4. The molecule has 0 radical (unpaired) electrons. The number of anilines is 1. The van der Waals surface area contributed by atoms with Gasteiger partial charge in [-0.3, -0.25) is 4.79 Å². The number of nitrogens with one attached hydrogen (secondary N) is 2. The van der Waals surface area contributed by atoms with Gasteiger partial charge in [-0.15, -0.1) is 0 Å². The number of amides is 1. The molecule has 134 valence electrons. The van der Waals surface area contributed by atoms with Gasteiger partial charge in [-0.25, -0.2) is 13.1 Å². The van der Waals surface area contributed by atoms with Gasteiger partial charge in [0.05, 0.1) is 17.7 Å². The van der Waals surface area contributed by atoms with Crippen molar-refractivity contribution in [3.05, 3.63) is 18.2 Å². The van der Waals surface area contributed by atoms with E-state index in [0.29, 0.717) is 36.9 Å². The Kier molecular flexibility index (Phi) is 6.59. The normalized spacial score (nSPS) is 14.4. The number of ether oxygens (including phenoxy) is 2. The van der Waals surface area contributed by atoms with Crippen LogP contribution in [0.25, 0.3) is 0 Å². The Morgan fingerprint density at radius 2 is 2.08 bits per heavy atom. The van der Waals surface area contributed by atoms with Crippen LogP contribution in [0.5, 0.6) is 5.75 Å². The molecule has 2 N–H and O–H groups in total. The maximum absolute atomic E-state index is 12.3. The van der Waals surface area contributed by atoms with E-state index in [9.17, 15) is 13.2 Å². The maximum Gasteiger partial charge on any atom is 0.240 e. The molecule has 2 rings (SSSR count). The van der Waals surface area contributed by atoms with Crippen molar-refractivity contribution in [1.82, 2.24) is 4.72 Å². The van der Waals surface area contributed by atoms with Gasteiger partial charge in [0.1, 0.15) is 5.75 Å². The molecule has 0 heterocycles. The Labute approximate surface area is 142 Å². The van der Waals surface area contributed by atoms with E-state index >= 15 is 0 Å². The molecule has 0 aromatic heterocycles. The highest BCUT2D eigenvalue weighted by molar-refractivity contribution is 7.89. The SMILES string of the molecule is COc1ccc(S(=O)(=O)NCCCOCC2CC2)cc1NC(C)=O. The maximum atomic E-state index is 12.3. The van der Waals surface area contributed by atoms with Crippen LogP contribution in [0.3, 0.4) is 0 Å². The van der Waals surface area contributed by atoms with Gasteiger partial charge in [0, 0.05) is 26.7 Å². The number of rotatable bonds is 10. The van der Waals surface area contributed by atoms with E-state index in [1.165, 1.54) is 45.1 Å². The van der Waals surface area contributed by atoms with Crippen molar-refractivity contribution in [1.29, 1.82) is 0 Å². The Morgan fingerprint density at radius 1 is 1.33 bits per heavy atom. The number of carbonyl (C=O) groups is 1. The van der Waals surface area contributed by atoms with Crippen molar-refractivity contribution in [3.63, 3.8) is 0 Å². The molecule has 8 heteroatoms. The number of carbonyl (C=O) groups excluding carboxylic acids is 1. The second-order valence-corrected chi connectivity index (χ2v) is 7.58. The quantitative estimate of drug-likeness (QED) is 0.623. The van der Waals surface area contributed by atoms with Gasteiger partial charge in [0.25, 0.3) is 0 Å². The molecule has 0 bridgehead atoms. The van der Waals surface area contributed by atoms with Gasteiger partial charge in [0.15, 0.2) is 0 Å². The third-order valence-electron chi connectivity index (χ3n) is 3.60. The van der Waals surface area contributed by atoms with Crippen LogP contribution in [0.1, 0.15) is 26.2 Å². The van der Waals surface area contributed by atoms with Crippen LogP contribution in [0.4, 0.5) is 5.69 Å². The minimum Gasteiger partial charge on any atom is -0.495 e. The average molecular weight is 356 g/mol. The Morgan fingerprint density at radius 3 is 2.71 bits per heavy atom. The lowest BCUT2D eigenvalue weighted by Gasteiger charge is -2.12. The molecular formula is C16H24N2O5S. The first kappa shape index (κ1) is 18.7. The molecular weight excluding hydrogens is 332 g/mol. The molecule has 7 nitrogen and oxygen atoms in total. The summed E-state index contributed by atoms with van der Waals surface area (Å²) in [5, 5.41) is 2.56. The minimum absolute atomic E-state index is 0.0750. The van der Waals surface area contributed by atoms with Crippen LogP contribution in [0.15, 0.2) is 23.1 Å². The fourth-order valence-electron chi connectivity index (χ4n) is 2.14. The molecule has 0 unspecified atom stereocenters. The summed E-state index contributed by atoms with van der Waals surface area (Å²) in [5.41, 5.74) is 0.320. The molecule has 1 fully saturated rings. The monoisotopic (exact) mass is 356 g/mol. The molecule has 1 saturated carbocycles. The summed E-state index contributed by atoms with van der Waals surface area (Å²) in [7, 11) is -2.19. The Bertz CT molecular complexity index is 671. The van der Waals surface area contributed by atoms with Crippen molar-refractivity contribution >= 4 is 21.6 Å². The van der Waals surface area contributed by atoms with E-state index in [1.807, 2.05) is 0 Å². The van der Waals surface area contributed by atoms with E-state index in [4.69, 9.17) is 9.47 Å². The zero-order chi connectivity index (χ0) is 17.6. The third kappa shape index (κ3) is 5.77. The summed E-state index contributed by atoms with van der Waals surface area (Å²) in [4.78, 5) is 11.3. The Balaban J connectivity index is 1.90. The molecule has 1 aromatic rings. The number of sulfonamides is 1. The van der Waals surface area contributed by atoms with E-state index in [0.717, 1.165) is 6.61 Å². The fraction of sp³-hybridized carbons (Fsp3) is 0.562. The van der Waals surface area contributed by atoms with Crippen molar-refractivity contribution < 1.29 is 22.7 Å². The van der Waals surface area contributed by atoms with Gasteiger partial charge < -0.3 is 14.8 Å². The lowest BCUT2D eigenvalue weighted by molar-refractivity contribution is -0.114. The van der Waals surface area contributed by atoms with Crippen LogP contribution in [-0.4, -0.2) is 41.2 Å². The molecule has 1 aliphatic rings. The standard InChI is InChI=1S/C16H24N2O5S/c1-12(19)18-15-10-14(6-7-16(15)22-2)24(20,21)17-8-3-9-23-11-13-4-5-13/h6-7,10,13,17H,3-5,8-9,11H2,1-2H3,(H,18,19). The average Bonchev–Trinajstić information content (AvgIpc) is 3.34. The van der Waals surface area contributed by atoms with Crippen molar-refractivity contribution in [3.8, 4) is 5.75 Å². The summed E-state index contributed by atoms with van der Waals surface area (Å²) >= 11 is 0. The Hall–Kier alpha value is -1.64. The van der Waals surface area contributed by atoms with Gasteiger partial charge in [0.2, 0.25) is 15.9 Å². The van der Waals surface area contributed by atoms with Gasteiger partial charge >= 0.3 is 0 Å². The van der Waals surface area contributed by atoms with Crippen molar-refractivity contribution in [2.75, 3.05) is 32.2 Å². The molecule has 0 saturated heterocycles. The number of methoxy groups -OCH3 is 1. The lowest BCUT2D eigenvalue weighted by Crippen LogP contribution is -2.26. The first-order valence-corrected chi connectivity index (χ1v) is 9.43. The lowest BCUT2D eigenvalue weighted by atomic mass is 10.3. The van der Waals surface area contributed by atoms with Crippen LogP contribution in [0.2, 0.25) is 0 Å². The topological polar surface area (TPSA) is 93.7 Å². The second kappa shape index (κ2) is 8.46. The molecule has 0 aliphatic heterocycles. The highest BCUT2D eigenvalue weighted by Gasteiger charge is 2.21. The largest absolute Gasteiger partial charge is 0.495 e. The predicted octanol–water partition coefficient (Wildman–Crippen LogP) is 1.75. The summed E-state index contributed by atoms with van der Waals surface area (Å²) < 4.78 is 37.8. The number of hydrogen-bond acceptors (Lipinski definition) is 5. The van der Waals surface area contributed by atoms with Crippen LogP contribution >= 0.6 is 0 Å². The van der Waals surface area contributed by atoms with E-state index in [-0.39, 0.29) is 10.8 Å². The van der Waals surface area contributed by atoms with Crippen LogP contribution in [-0.2, 0) is 19.6 Å². The van der Waals surface area contributed by atoms with Crippen LogP contribution in [0, 0.1) is 5.92 Å². The predicted molar refractivity (Wildman–Crippen MR) is 90.6 cm³/mol. The summed E-state index contributed by atoms with van der Waals surface area (Å²) in [5.74, 6) is 0.800. The molecule has 1 aliphatic carbocycles. The second-order valence-electron chi connectivity index (χ2n) is 5.81. The smallest absolute Gasteiger partial charge is 0.240 e. The van der Waals surface area contributed by atoms with E-state index in [2.05, 4.69) is 10.0 Å². The van der Waals surface area contributed by atoms with Gasteiger partial charge in [-0.1, -0.05) is 0 Å². The minimum atomic E-state index is -3.65. The van der Waals surface area contributed by atoms with Crippen molar-refractivity contribution in [2.45, 2.75) is 31.1 Å². The zero-order valence-electron chi connectivity index (χ0n) is 14.0. The molecule has 1 amide bonds. The summed E-state index contributed by atoms with van der Waals surface area (Å²) in [6.07, 6.45) is 3.09. The number of benzene rings is 1. The van der Waals surface area contributed by atoms with Crippen LogP contribution < -0.4 is 14.8 Å². The summed E-state index contributed by atoms with van der Waals surface area (Å²) in [6.45, 7) is 2.96. The summed E-state index contributed by atoms with van der Waals surface area (Å²) in [6, 6.07) is 4.33. The van der Waals surface area contributed by atoms with E-state index in [1.54, 1.807) is 0 Å². The van der Waals surface area contributed by atoms with Gasteiger partial charge in [-0.05, 0) is 43.4 Å². The molecule has 0 spiro atoms. The van der Waals surface area contributed by atoms with Gasteiger partial charge in [-0.2, -0.15) is 0 Å². The molecule has 1 aromatic carbocycles.